The van der Waals surface area contributed by atoms with E-state index in [1.54, 1.807) is 12.3 Å². The SMILES string of the molecule is CC(C)(C)c1cc(NC(=O)Nc2cccc(Nc3ccc4c(c3)NC(=O)C4=Cc3ccc[nH]3)c2)ccn1. The first kappa shape index (κ1) is 23.9. The minimum atomic E-state index is -0.343. The van der Waals surface area contributed by atoms with E-state index >= 15 is 0 Å². The monoisotopic (exact) mass is 492 g/mol. The molecule has 2 aromatic heterocycles. The zero-order valence-corrected chi connectivity index (χ0v) is 20.8. The first-order valence-corrected chi connectivity index (χ1v) is 12.0. The summed E-state index contributed by atoms with van der Waals surface area (Å²) in [6.45, 7) is 6.23. The number of H-pyrrole nitrogens is 1. The minimum absolute atomic E-state index is 0.116. The maximum atomic E-state index is 12.6. The van der Waals surface area contributed by atoms with Crippen molar-refractivity contribution in [1.82, 2.24) is 9.97 Å². The van der Waals surface area contributed by atoms with Gasteiger partial charge in [0.2, 0.25) is 0 Å². The predicted molar refractivity (Wildman–Crippen MR) is 149 cm³/mol. The van der Waals surface area contributed by atoms with Crippen LogP contribution in [0.2, 0.25) is 0 Å². The van der Waals surface area contributed by atoms with E-state index in [1.165, 1.54) is 0 Å². The van der Waals surface area contributed by atoms with Crippen molar-refractivity contribution in [2.45, 2.75) is 26.2 Å². The third-order valence-electron chi connectivity index (χ3n) is 5.92. The Labute approximate surface area is 215 Å². The molecule has 5 rings (SSSR count). The van der Waals surface area contributed by atoms with Crippen LogP contribution in [0.25, 0.3) is 11.6 Å². The van der Waals surface area contributed by atoms with E-state index in [0.29, 0.717) is 16.9 Å². The number of carbonyl (C=O) groups excluding carboxylic acids is 2. The third kappa shape index (κ3) is 5.54. The number of benzene rings is 2. The number of hydrogen-bond acceptors (Lipinski definition) is 4. The molecular formula is C29H28N6O2. The Kier molecular flexibility index (Phi) is 6.23. The topological polar surface area (TPSA) is 111 Å². The van der Waals surface area contributed by atoms with Gasteiger partial charge in [-0.15, -0.1) is 0 Å². The van der Waals surface area contributed by atoms with E-state index in [9.17, 15) is 9.59 Å². The molecule has 8 heteroatoms. The van der Waals surface area contributed by atoms with Crippen molar-refractivity contribution >= 4 is 52.0 Å². The quantitative estimate of drug-likeness (QED) is 0.202. The van der Waals surface area contributed by atoms with Gasteiger partial charge in [-0.05, 0) is 60.7 Å². The van der Waals surface area contributed by atoms with Crippen molar-refractivity contribution in [3.8, 4) is 0 Å². The molecule has 37 heavy (non-hydrogen) atoms. The average molecular weight is 493 g/mol. The number of anilines is 5. The Morgan fingerprint density at radius 2 is 1.65 bits per heavy atom. The lowest BCUT2D eigenvalue weighted by molar-refractivity contribution is -0.110. The summed E-state index contributed by atoms with van der Waals surface area (Å²) >= 11 is 0. The van der Waals surface area contributed by atoms with E-state index in [0.717, 1.165) is 34.0 Å². The average Bonchev–Trinajstić information content (AvgIpc) is 3.46. The number of nitrogens with one attached hydrogen (secondary N) is 5. The standard InChI is InChI=1S/C29H28N6O2/c1-29(2,3)26-17-22(11-13-31-26)34-28(37)33-20-7-4-6-19(14-20)32-21-9-10-23-24(15-18-8-5-12-30-18)27(36)35-25(23)16-21/h4-17,30,32H,1-3H3,(H,35,36)(H2,31,33,34,37). The van der Waals surface area contributed by atoms with E-state index in [4.69, 9.17) is 0 Å². The Morgan fingerprint density at radius 1 is 0.892 bits per heavy atom. The van der Waals surface area contributed by atoms with Crippen LogP contribution >= 0.6 is 0 Å². The van der Waals surface area contributed by atoms with Crippen molar-refractivity contribution in [3.63, 3.8) is 0 Å². The maximum absolute atomic E-state index is 12.6. The highest BCUT2D eigenvalue weighted by atomic mass is 16.2. The molecule has 0 bridgehead atoms. The number of fused-ring (bicyclic) bond motifs is 1. The number of rotatable bonds is 5. The molecule has 3 amide bonds. The second kappa shape index (κ2) is 9.66. The molecule has 0 radical (unpaired) electrons. The Balaban J connectivity index is 1.26. The molecule has 5 N–H and O–H groups in total. The first-order chi connectivity index (χ1) is 17.7. The Bertz CT molecular complexity index is 1500. The van der Waals surface area contributed by atoms with Gasteiger partial charge in [0, 0.05) is 57.5 Å². The normalized spacial score (nSPS) is 13.7. The van der Waals surface area contributed by atoms with E-state index < -0.39 is 0 Å². The molecule has 3 heterocycles. The van der Waals surface area contributed by atoms with Crippen LogP contribution in [0.1, 0.15) is 37.7 Å². The van der Waals surface area contributed by atoms with Crippen LogP contribution in [0.3, 0.4) is 0 Å². The van der Waals surface area contributed by atoms with Gasteiger partial charge >= 0.3 is 6.03 Å². The fourth-order valence-electron chi connectivity index (χ4n) is 4.06. The molecule has 4 aromatic rings. The van der Waals surface area contributed by atoms with E-state index in [1.807, 2.05) is 72.9 Å². The van der Waals surface area contributed by atoms with E-state index in [-0.39, 0.29) is 17.4 Å². The molecule has 186 valence electrons. The second-order valence-electron chi connectivity index (χ2n) is 9.86. The molecule has 8 nitrogen and oxygen atoms in total. The number of urea groups is 1. The molecule has 0 saturated carbocycles. The summed E-state index contributed by atoms with van der Waals surface area (Å²) in [5.74, 6) is -0.136. The van der Waals surface area contributed by atoms with Gasteiger partial charge in [0.05, 0.1) is 11.3 Å². The first-order valence-electron chi connectivity index (χ1n) is 12.0. The number of aromatic nitrogens is 2. The Hall–Kier alpha value is -4.85. The van der Waals surface area contributed by atoms with Crippen LogP contribution in [0.15, 0.2) is 79.1 Å². The number of aromatic amines is 1. The largest absolute Gasteiger partial charge is 0.362 e. The summed E-state index contributed by atoms with van der Waals surface area (Å²) in [6.07, 6.45) is 5.35. The van der Waals surface area contributed by atoms with Gasteiger partial charge in [-0.3, -0.25) is 9.78 Å². The van der Waals surface area contributed by atoms with Crippen molar-refractivity contribution in [2.24, 2.45) is 0 Å². The van der Waals surface area contributed by atoms with Gasteiger partial charge in [-0.1, -0.05) is 32.9 Å². The van der Waals surface area contributed by atoms with Crippen LogP contribution in [-0.4, -0.2) is 21.9 Å². The minimum Gasteiger partial charge on any atom is -0.362 e. The van der Waals surface area contributed by atoms with Crippen molar-refractivity contribution < 1.29 is 9.59 Å². The third-order valence-corrected chi connectivity index (χ3v) is 5.92. The van der Waals surface area contributed by atoms with Gasteiger partial charge in [0.1, 0.15) is 0 Å². The van der Waals surface area contributed by atoms with Crippen LogP contribution in [0, 0.1) is 0 Å². The number of amides is 3. The molecule has 0 aliphatic carbocycles. The highest BCUT2D eigenvalue weighted by Crippen LogP contribution is 2.35. The molecular weight excluding hydrogens is 464 g/mol. The highest BCUT2D eigenvalue weighted by Gasteiger charge is 2.24. The molecule has 2 aromatic carbocycles. The van der Waals surface area contributed by atoms with Gasteiger partial charge in [-0.25, -0.2) is 4.79 Å². The molecule has 0 unspecified atom stereocenters. The lowest BCUT2D eigenvalue weighted by Crippen LogP contribution is -2.20. The number of pyridine rings is 1. The van der Waals surface area contributed by atoms with Gasteiger partial charge in [0.25, 0.3) is 5.91 Å². The van der Waals surface area contributed by atoms with Crippen molar-refractivity contribution in [3.05, 3.63) is 96.1 Å². The highest BCUT2D eigenvalue weighted by molar-refractivity contribution is 6.35. The molecule has 1 aliphatic heterocycles. The number of carbonyl (C=O) groups is 2. The Morgan fingerprint density at radius 3 is 2.41 bits per heavy atom. The number of hydrogen-bond donors (Lipinski definition) is 5. The molecule has 0 atom stereocenters. The lowest BCUT2D eigenvalue weighted by Gasteiger charge is -2.18. The fraction of sp³-hybridized carbons (Fsp3) is 0.138. The summed E-state index contributed by atoms with van der Waals surface area (Å²) in [6, 6.07) is 20.3. The van der Waals surface area contributed by atoms with Crippen LogP contribution in [0.5, 0.6) is 0 Å². The molecule has 0 spiro atoms. The summed E-state index contributed by atoms with van der Waals surface area (Å²) in [7, 11) is 0. The van der Waals surface area contributed by atoms with Gasteiger partial charge in [-0.2, -0.15) is 0 Å². The van der Waals surface area contributed by atoms with Gasteiger partial charge < -0.3 is 26.3 Å². The summed E-state index contributed by atoms with van der Waals surface area (Å²) in [5.41, 5.74) is 6.78. The van der Waals surface area contributed by atoms with Crippen LogP contribution in [-0.2, 0) is 10.2 Å². The molecule has 1 aliphatic rings. The zero-order valence-electron chi connectivity index (χ0n) is 20.8. The van der Waals surface area contributed by atoms with Crippen molar-refractivity contribution in [1.29, 1.82) is 0 Å². The fourth-order valence-corrected chi connectivity index (χ4v) is 4.06. The van der Waals surface area contributed by atoms with Gasteiger partial charge in [0.15, 0.2) is 0 Å². The summed E-state index contributed by atoms with van der Waals surface area (Å²) in [4.78, 5) is 32.6. The lowest BCUT2D eigenvalue weighted by atomic mass is 9.91. The van der Waals surface area contributed by atoms with E-state index in [2.05, 4.69) is 52.0 Å². The second-order valence-corrected chi connectivity index (χ2v) is 9.86. The summed E-state index contributed by atoms with van der Waals surface area (Å²) in [5, 5.41) is 12.0. The van der Waals surface area contributed by atoms with Crippen molar-refractivity contribution in [2.75, 3.05) is 21.3 Å². The molecule has 0 fully saturated rings. The number of nitrogens with zero attached hydrogens (tertiary/aromatic N) is 1. The van der Waals surface area contributed by atoms with Crippen LogP contribution in [0.4, 0.5) is 33.2 Å². The zero-order chi connectivity index (χ0) is 26.0. The smallest absolute Gasteiger partial charge is 0.323 e. The maximum Gasteiger partial charge on any atom is 0.323 e. The summed E-state index contributed by atoms with van der Waals surface area (Å²) < 4.78 is 0. The van der Waals surface area contributed by atoms with Crippen LogP contribution < -0.4 is 21.3 Å². The predicted octanol–water partition coefficient (Wildman–Crippen LogP) is 6.59. The molecule has 0 saturated heterocycles.